The van der Waals surface area contributed by atoms with Gasteiger partial charge in [-0.25, -0.2) is 4.68 Å². The number of anilines is 1. The molecule has 3 rings (SSSR count). The summed E-state index contributed by atoms with van der Waals surface area (Å²) in [6.45, 7) is 3.68. The van der Waals surface area contributed by atoms with Gasteiger partial charge in [0.2, 0.25) is 0 Å². The average molecular weight is 372 g/mol. The lowest BCUT2D eigenvalue weighted by Gasteiger charge is -2.07. The molecule has 140 valence electrons. The molecule has 6 nitrogen and oxygen atoms in total. The lowest BCUT2D eigenvalue weighted by atomic mass is 10.1. The number of nitriles is 1. The van der Waals surface area contributed by atoms with Crippen LogP contribution in [0.1, 0.15) is 16.8 Å². The zero-order chi connectivity index (χ0) is 20.3. The van der Waals surface area contributed by atoms with Crippen LogP contribution in [0.2, 0.25) is 0 Å². The summed E-state index contributed by atoms with van der Waals surface area (Å²) in [6.07, 6.45) is 1.51. The predicted octanol–water partition coefficient (Wildman–Crippen LogP) is 3.34. The lowest BCUT2D eigenvalue weighted by Crippen LogP contribution is -2.23. The molecule has 0 saturated carbocycles. The first kappa shape index (κ1) is 18.9. The largest absolute Gasteiger partial charge is 0.315 e. The molecule has 6 heteroatoms. The second kappa shape index (κ2) is 7.80. The highest BCUT2D eigenvalue weighted by atomic mass is 16.2. The van der Waals surface area contributed by atoms with Crippen molar-refractivity contribution in [1.82, 2.24) is 9.36 Å². The number of carbonyl (C=O) groups excluding carboxylic acids is 1. The van der Waals surface area contributed by atoms with Crippen LogP contribution in [0.4, 0.5) is 5.69 Å². The molecule has 0 saturated heterocycles. The fraction of sp³-hybridized carbons (Fsp3) is 0.136. The molecule has 0 bridgehead atoms. The summed E-state index contributed by atoms with van der Waals surface area (Å²) in [5.74, 6) is -0.616. The van der Waals surface area contributed by atoms with E-state index < -0.39 is 5.91 Å². The minimum Gasteiger partial charge on any atom is -0.315 e. The fourth-order valence-electron chi connectivity index (χ4n) is 2.97. The number of benzene rings is 2. The Kier molecular flexibility index (Phi) is 5.28. The zero-order valence-electron chi connectivity index (χ0n) is 15.9. The molecule has 1 amide bonds. The molecular formula is C22H20N4O2. The van der Waals surface area contributed by atoms with Gasteiger partial charge in [-0.1, -0.05) is 48.0 Å². The number of rotatable bonds is 4. The van der Waals surface area contributed by atoms with E-state index in [1.165, 1.54) is 10.8 Å². The van der Waals surface area contributed by atoms with Gasteiger partial charge in [-0.15, -0.1) is 0 Å². The molecule has 0 atom stereocenters. The smallest absolute Gasteiger partial charge is 0.295 e. The van der Waals surface area contributed by atoms with E-state index in [0.717, 1.165) is 11.1 Å². The van der Waals surface area contributed by atoms with Crippen LogP contribution in [0, 0.1) is 25.2 Å². The Balaban J connectivity index is 1.96. The summed E-state index contributed by atoms with van der Waals surface area (Å²) >= 11 is 0. The second-order valence-corrected chi connectivity index (χ2v) is 6.47. The van der Waals surface area contributed by atoms with Crippen molar-refractivity contribution in [2.45, 2.75) is 13.8 Å². The van der Waals surface area contributed by atoms with Crippen LogP contribution in [-0.4, -0.2) is 15.3 Å². The molecule has 1 N–H and O–H groups in total. The Labute approximate surface area is 162 Å². The quantitative estimate of drug-likeness (QED) is 0.563. The number of nitrogens with zero attached hydrogens (tertiary/aromatic N) is 3. The maximum absolute atomic E-state index is 12.9. The highest BCUT2D eigenvalue weighted by Gasteiger charge is 2.19. The normalized spacial score (nSPS) is 11.1. The van der Waals surface area contributed by atoms with Gasteiger partial charge in [-0.3, -0.25) is 14.3 Å². The van der Waals surface area contributed by atoms with Gasteiger partial charge < -0.3 is 5.32 Å². The van der Waals surface area contributed by atoms with Gasteiger partial charge >= 0.3 is 0 Å². The summed E-state index contributed by atoms with van der Waals surface area (Å²) in [5, 5.41) is 12.0. The molecular weight excluding hydrogens is 352 g/mol. The molecule has 0 aliphatic heterocycles. The minimum absolute atomic E-state index is 0.0699. The molecule has 2 aromatic carbocycles. The zero-order valence-corrected chi connectivity index (χ0v) is 15.9. The summed E-state index contributed by atoms with van der Waals surface area (Å²) in [4.78, 5) is 25.5. The maximum atomic E-state index is 12.9. The van der Waals surface area contributed by atoms with E-state index in [9.17, 15) is 14.9 Å². The standard InChI is InChI=1S/C22H20N4O2/c1-15-8-7-9-17(12-15)13-18(14-23)21(27)24-20-16(2)25(3)26(22(20)28)19-10-5-4-6-11-19/h4-13H,1-3H3,(H,24,27)/b18-13+. The Morgan fingerprint density at radius 3 is 2.46 bits per heavy atom. The molecule has 0 unspecified atom stereocenters. The van der Waals surface area contributed by atoms with Gasteiger partial charge in [0.05, 0.1) is 11.4 Å². The topological polar surface area (TPSA) is 79.8 Å². The molecule has 1 heterocycles. The first-order chi connectivity index (χ1) is 13.4. The van der Waals surface area contributed by atoms with Gasteiger partial charge in [-0.05, 0) is 37.6 Å². The Morgan fingerprint density at radius 1 is 1.11 bits per heavy atom. The van der Waals surface area contributed by atoms with Gasteiger partial charge in [0.15, 0.2) is 0 Å². The summed E-state index contributed by atoms with van der Waals surface area (Å²) in [7, 11) is 1.74. The molecule has 28 heavy (non-hydrogen) atoms. The fourth-order valence-corrected chi connectivity index (χ4v) is 2.97. The first-order valence-corrected chi connectivity index (χ1v) is 8.76. The molecule has 0 aliphatic carbocycles. The van der Waals surface area contributed by atoms with Crippen LogP contribution in [0.3, 0.4) is 0 Å². The van der Waals surface area contributed by atoms with E-state index >= 15 is 0 Å². The molecule has 0 spiro atoms. The molecule has 0 fully saturated rings. The van der Waals surface area contributed by atoms with Gasteiger partial charge in [0.25, 0.3) is 11.5 Å². The van der Waals surface area contributed by atoms with Crippen molar-refractivity contribution in [2.24, 2.45) is 7.05 Å². The Morgan fingerprint density at radius 2 is 1.82 bits per heavy atom. The third kappa shape index (κ3) is 3.64. The molecule has 1 aromatic heterocycles. The number of aromatic nitrogens is 2. The molecule has 0 radical (unpaired) electrons. The van der Waals surface area contributed by atoms with Crippen molar-refractivity contribution >= 4 is 17.7 Å². The lowest BCUT2D eigenvalue weighted by molar-refractivity contribution is -0.112. The predicted molar refractivity (Wildman–Crippen MR) is 109 cm³/mol. The number of para-hydroxylation sites is 1. The minimum atomic E-state index is -0.616. The van der Waals surface area contributed by atoms with Crippen LogP contribution in [0.15, 0.2) is 65.0 Å². The maximum Gasteiger partial charge on any atom is 0.295 e. The Bertz CT molecular complexity index is 1160. The van der Waals surface area contributed by atoms with E-state index in [1.807, 2.05) is 67.6 Å². The van der Waals surface area contributed by atoms with Crippen LogP contribution in [0.25, 0.3) is 11.8 Å². The molecule has 3 aromatic rings. The van der Waals surface area contributed by atoms with Crippen LogP contribution in [0.5, 0.6) is 0 Å². The van der Waals surface area contributed by atoms with E-state index in [1.54, 1.807) is 18.7 Å². The van der Waals surface area contributed by atoms with Crippen LogP contribution >= 0.6 is 0 Å². The van der Waals surface area contributed by atoms with Crippen molar-refractivity contribution in [1.29, 1.82) is 5.26 Å². The number of amides is 1. The van der Waals surface area contributed by atoms with Crippen molar-refractivity contribution < 1.29 is 4.79 Å². The number of hydrogen-bond acceptors (Lipinski definition) is 3. The number of nitrogens with one attached hydrogen (secondary N) is 1. The van der Waals surface area contributed by atoms with Crippen molar-refractivity contribution in [3.8, 4) is 11.8 Å². The highest BCUT2D eigenvalue weighted by Crippen LogP contribution is 2.16. The average Bonchev–Trinajstić information content (AvgIpc) is 2.90. The summed E-state index contributed by atoms with van der Waals surface area (Å²) < 4.78 is 3.14. The second-order valence-electron chi connectivity index (χ2n) is 6.47. The third-order valence-electron chi connectivity index (χ3n) is 4.51. The van der Waals surface area contributed by atoms with Gasteiger partial charge in [0, 0.05) is 7.05 Å². The monoisotopic (exact) mass is 372 g/mol. The van der Waals surface area contributed by atoms with Crippen molar-refractivity contribution in [3.63, 3.8) is 0 Å². The third-order valence-corrected chi connectivity index (χ3v) is 4.51. The van der Waals surface area contributed by atoms with Crippen molar-refractivity contribution in [2.75, 3.05) is 5.32 Å². The van der Waals surface area contributed by atoms with Gasteiger partial charge in [-0.2, -0.15) is 5.26 Å². The summed E-state index contributed by atoms with van der Waals surface area (Å²) in [6, 6.07) is 18.5. The number of carbonyl (C=O) groups is 1. The van der Waals surface area contributed by atoms with Crippen LogP contribution in [-0.2, 0) is 11.8 Å². The SMILES string of the molecule is Cc1cccc(/C=C(\C#N)C(=O)Nc2c(C)n(C)n(-c3ccccc3)c2=O)c1. The van der Waals surface area contributed by atoms with Crippen molar-refractivity contribution in [3.05, 3.63) is 87.3 Å². The van der Waals surface area contributed by atoms with E-state index in [-0.39, 0.29) is 16.8 Å². The first-order valence-electron chi connectivity index (χ1n) is 8.76. The number of aryl methyl sites for hydroxylation is 1. The van der Waals surface area contributed by atoms with Gasteiger partial charge in [0.1, 0.15) is 17.3 Å². The summed E-state index contributed by atoms with van der Waals surface area (Å²) in [5.41, 5.74) is 2.78. The van der Waals surface area contributed by atoms with E-state index in [2.05, 4.69) is 5.32 Å². The van der Waals surface area contributed by atoms with Crippen LogP contribution < -0.4 is 10.9 Å². The Hall–Kier alpha value is -3.85. The highest BCUT2D eigenvalue weighted by molar-refractivity contribution is 6.09. The van der Waals surface area contributed by atoms with E-state index in [4.69, 9.17) is 0 Å². The molecule has 0 aliphatic rings. The van der Waals surface area contributed by atoms with E-state index in [0.29, 0.717) is 11.4 Å². The number of hydrogen-bond donors (Lipinski definition) is 1.